The third-order valence-electron chi connectivity index (χ3n) is 3.07. The van der Waals surface area contributed by atoms with E-state index in [4.69, 9.17) is 9.63 Å². The van der Waals surface area contributed by atoms with E-state index in [1.807, 2.05) is 0 Å². The molecule has 0 bridgehead atoms. The van der Waals surface area contributed by atoms with Gasteiger partial charge in [0.2, 0.25) is 0 Å². The molecule has 116 valence electrons. The van der Waals surface area contributed by atoms with Gasteiger partial charge in [0.05, 0.1) is 12.1 Å². The second kappa shape index (κ2) is 6.75. The van der Waals surface area contributed by atoms with Gasteiger partial charge in [-0.2, -0.15) is 0 Å². The fourth-order valence-corrected chi connectivity index (χ4v) is 1.89. The van der Waals surface area contributed by atoms with Gasteiger partial charge < -0.3 is 19.8 Å². The third-order valence-corrected chi connectivity index (χ3v) is 3.07. The second-order valence-electron chi connectivity index (χ2n) is 4.95. The molecule has 7 heteroatoms. The highest BCUT2D eigenvalue weighted by Crippen LogP contribution is 2.06. The number of amides is 2. The summed E-state index contributed by atoms with van der Waals surface area (Å²) >= 11 is 0. The number of aryl methyl sites for hydroxylation is 1. The Bertz CT molecular complexity index is 664. The van der Waals surface area contributed by atoms with Crippen LogP contribution in [0.5, 0.6) is 0 Å². The van der Waals surface area contributed by atoms with Crippen molar-refractivity contribution in [2.24, 2.45) is 0 Å². The zero-order chi connectivity index (χ0) is 16.1. The number of urea groups is 1. The molecule has 0 spiro atoms. The highest BCUT2D eigenvalue weighted by molar-refractivity contribution is 5.87. The molecule has 0 unspecified atom stereocenters. The molecule has 7 nitrogen and oxygen atoms in total. The number of aromatic nitrogens is 1. The Kier molecular flexibility index (Phi) is 4.77. The molecule has 0 radical (unpaired) electrons. The van der Waals surface area contributed by atoms with Crippen LogP contribution in [0.4, 0.5) is 4.79 Å². The molecule has 2 rings (SSSR count). The smallest absolute Gasteiger partial charge is 0.335 e. The van der Waals surface area contributed by atoms with Crippen molar-refractivity contribution in [3.63, 3.8) is 0 Å². The number of hydrogen-bond acceptors (Lipinski definition) is 4. The molecule has 0 aliphatic heterocycles. The monoisotopic (exact) mass is 303 g/mol. The number of carbonyl (C=O) groups is 2. The predicted octanol–water partition coefficient (Wildman–Crippen LogP) is 2.02. The number of nitrogens with zero attached hydrogens (tertiary/aromatic N) is 2. The maximum atomic E-state index is 12.0. The number of carboxylic acids is 1. The summed E-state index contributed by atoms with van der Waals surface area (Å²) in [6, 6.07) is 7.88. The summed E-state index contributed by atoms with van der Waals surface area (Å²) in [7, 11) is 1.66. The van der Waals surface area contributed by atoms with Crippen molar-refractivity contribution < 1.29 is 19.2 Å². The molecule has 0 aliphatic carbocycles. The van der Waals surface area contributed by atoms with Gasteiger partial charge >= 0.3 is 12.0 Å². The second-order valence-corrected chi connectivity index (χ2v) is 4.95. The summed E-state index contributed by atoms with van der Waals surface area (Å²) in [5, 5.41) is 15.4. The summed E-state index contributed by atoms with van der Waals surface area (Å²) in [5.74, 6) is -0.277. The number of nitrogens with one attached hydrogen (secondary N) is 1. The Labute approximate surface area is 127 Å². The largest absolute Gasteiger partial charge is 0.478 e. The molecule has 0 saturated heterocycles. The van der Waals surface area contributed by atoms with Crippen LogP contribution in [-0.2, 0) is 13.1 Å². The molecule has 1 heterocycles. The summed E-state index contributed by atoms with van der Waals surface area (Å²) < 4.78 is 4.95. The molecule has 0 aliphatic rings. The van der Waals surface area contributed by atoms with Gasteiger partial charge in [-0.3, -0.25) is 0 Å². The van der Waals surface area contributed by atoms with Gasteiger partial charge in [0, 0.05) is 19.7 Å². The fourth-order valence-electron chi connectivity index (χ4n) is 1.89. The summed E-state index contributed by atoms with van der Waals surface area (Å²) in [5.41, 5.74) is 1.72. The quantitative estimate of drug-likeness (QED) is 0.881. The van der Waals surface area contributed by atoms with E-state index in [0.29, 0.717) is 24.5 Å². The molecule has 0 saturated carbocycles. The van der Waals surface area contributed by atoms with Gasteiger partial charge in [-0.1, -0.05) is 17.3 Å². The first-order chi connectivity index (χ1) is 10.5. The van der Waals surface area contributed by atoms with E-state index in [1.165, 1.54) is 17.0 Å². The summed E-state index contributed by atoms with van der Waals surface area (Å²) in [6.07, 6.45) is 0. The zero-order valence-corrected chi connectivity index (χ0v) is 12.4. The van der Waals surface area contributed by atoms with Crippen LogP contribution in [0.1, 0.15) is 27.4 Å². The lowest BCUT2D eigenvalue weighted by atomic mass is 10.1. The highest BCUT2D eigenvalue weighted by Gasteiger charge is 2.11. The van der Waals surface area contributed by atoms with Gasteiger partial charge in [0.15, 0.2) is 0 Å². The zero-order valence-electron chi connectivity index (χ0n) is 12.4. The van der Waals surface area contributed by atoms with Crippen LogP contribution in [0.15, 0.2) is 34.9 Å². The van der Waals surface area contributed by atoms with E-state index < -0.39 is 5.97 Å². The fraction of sp³-hybridized carbons (Fsp3) is 0.267. The molecule has 2 amide bonds. The first-order valence-electron chi connectivity index (χ1n) is 6.69. The Morgan fingerprint density at radius 2 is 2.00 bits per heavy atom. The standard InChI is InChI=1S/C15H17N3O4/c1-10-7-13(17-22-10)9-18(2)15(21)16-8-11-3-5-12(6-4-11)14(19)20/h3-7H,8-9H2,1-2H3,(H,16,21)(H,19,20). The number of hydrogen-bond donors (Lipinski definition) is 2. The molecule has 0 fully saturated rings. The molecular formula is C15H17N3O4. The Balaban J connectivity index is 1.85. The van der Waals surface area contributed by atoms with Gasteiger partial charge in [-0.25, -0.2) is 9.59 Å². The van der Waals surface area contributed by atoms with Crippen molar-refractivity contribution in [1.82, 2.24) is 15.4 Å². The van der Waals surface area contributed by atoms with E-state index in [-0.39, 0.29) is 11.6 Å². The van der Waals surface area contributed by atoms with Crippen molar-refractivity contribution >= 4 is 12.0 Å². The van der Waals surface area contributed by atoms with Crippen molar-refractivity contribution in [2.75, 3.05) is 7.05 Å². The van der Waals surface area contributed by atoms with Gasteiger partial charge in [0.25, 0.3) is 0 Å². The lowest BCUT2D eigenvalue weighted by Gasteiger charge is -2.16. The minimum Gasteiger partial charge on any atom is -0.478 e. The normalized spacial score (nSPS) is 10.3. The van der Waals surface area contributed by atoms with Crippen LogP contribution in [0, 0.1) is 6.92 Å². The van der Waals surface area contributed by atoms with Crippen LogP contribution in [-0.4, -0.2) is 34.2 Å². The van der Waals surface area contributed by atoms with Crippen molar-refractivity contribution in [1.29, 1.82) is 0 Å². The predicted molar refractivity (Wildman–Crippen MR) is 78.3 cm³/mol. The van der Waals surface area contributed by atoms with E-state index in [9.17, 15) is 9.59 Å². The van der Waals surface area contributed by atoms with E-state index >= 15 is 0 Å². The number of aromatic carboxylic acids is 1. The van der Waals surface area contributed by atoms with Gasteiger partial charge in [-0.15, -0.1) is 0 Å². The van der Waals surface area contributed by atoms with Crippen molar-refractivity contribution in [2.45, 2.75) is 20.0 Å². The van der Waals surface area contributed by atoms with Crippen LogP contribution >= 0.6 is 0 Å². The average molecular weight is 303 g/mol. The van der Waals surface area contributed by atoms with Crippen LogP contribution < -0.4 is 5.32 Å². The van der Waals surface area contributed by atoms with Gasteiger partial charge in [0.1, 0.15) is 11.5 Å². The Morgan fingerprint density at radius 3 is 2.55 bits per heavy atom. The molecule has 2 N–H and O–H groups in total. The Hall–Kier alpha value is -2.83. The van der Waals surface area contributed by atoms with Crippen LogP contribution in [0.25, 0.3) is 0 Å². The van der Waals surface area contributed by atoms with Crippen LogP contribution in [0.2, 0.25) is 0 Å². The molecular weight excluding hydrogens is 286 g/mol. The minimum absolute atomic E-state index is 0.216. The van der Waals surface area contributed by atoms with Gasteiger partial charge in [-0.05, 0) is 24.6 Å². The van der Waals surface area contributed by atoms with Crippen LogP contribution in [0.3, 0.4) is 0 Å². The minimum atomic E-state index is -0.974. The first-order valence-corrected chi connectivity index (χ1v) is 6.69. The maximum absolute atomic E-state index is 12.0. The van der Waals surface area contributed by atoms with Crippen molar-refractivity contribution in [3.8, 4) is 0 Å². The molecule has 0 atom stereocenters. The summed E-state index contributed by atoms with van der Waals surface area (Å²) in [4.78, 5) is 24.2. The van der Waals surface area contributed by atoms with E-state index in [2.05, 4.69) is 10.5 Å². The molecule has 2 aromatic rings. The molecule has 22 heavy (non-hydrogen) atoms. The first kappa shape index (κ1) is 15.6. The summed E-state index contributed by atoms with van der Waals surface area (Å²) in [6.45, 7) is 2.46. The number of carboxylic acid groups (broad SMARTS) is 1. The third kappa shape index (κ3) is 4.08. The number of benzene rings is 1. The van der Waals surface area contributed by atoms with E-state index in [0.717, 1.165) is 5.56 Å². The highest BCUT2D eigenvalue weighted by atomic mass is 16.5. The van der Waals surface area contributed by atoms with Crippen molar-refractivity contribution in [3.05, 3.63) is 52.9 Å². The molecule has 1 aromatic carbocycles. The maximum Gasteiger partial charge on any atom is 0.335 e. The Morgan fingerprint density at radius 1 is 1.32 bits per heavy atom. The topological polar surface area (TPSA) is 95.7 Å². The lowest BCUT2D eigenvalue weighted by Crippen LogP contribution is -2.36. The number of carbonyl (C=O) groups excluding carboxylic acids is 1. The lowest BCUT2D eigenvalue weighted by molar-refractivity contribution is 0.0697. The van der Waals surface area contributed by atoms with E-state index in [1.54, 1.807) is 32.2 Å². The number of rotatable bonds is 5. The molecule has 1 aromatic heterocycles. The average Bonchev–Trinajstić information content (AvgIpc) is 2.90. The SMILES string of the molecule is Cc1cc(CN(C)C(=O)NCc2ccc(C(=O)O)cc2)no1.